The summed E-state index contributed by atoms with van der Waals surface area (Å²) in [4.78, 5) is 4.01. The Morgan fingerprint density at radius 3 is 2.53 bits per heavy atom. The molecule has 1 aromatic heterocycles. The molecule has 0 aliphatic heterocycles. The molecule has 76 valence electrons. The molecule has 1 aromatic carbocycles. The molecule has 2 aromatic rings. The predicted octanol–water partition coefficient (Wildman–Crippen LogP) is 2.47. The Hall–Kier alpha value is -1.67. The van der Waals surface area contributed by atoms with Crippen LogP contribution in [0, 0.1) is 6.92 Å². The van der Waals surface area contributed by atoms with E-state index in [4.69, 9.17) is 0 Å². The quantitative estimate of drug-likeness (QED) is 0.806. The van der Waals surface area contributed by atoms with Crippen LogP contribution in [0.2, 0.25) is 0 Å². The second kappa shape index (κ2) is 4.24. The topological polar surface area (TPSA) is 33.1 Å². The first kappa shape index (κ1) is 9.87. The molecule has 15 heavy (non-hydrogen) atoms. The van der Waals surface area contributed by atoms with Crippen LogP contribution in [0.25, 0.3) is 0 Å². The Kier molecular flexibility index (Phi) is 2.79. The molecule has 0 spiro atoms. The highest BCUT2D eigenvalue weighted by molar-refractivity contribution is 5.32. The van der Waals surface area contributed by atoms with Gasteiger partial charge in [-0.05, 0) is 29.7 Å². The van der Waals surface area contributed by atoms with Gasteiger partial charge in [-0.15, -0.1) is 0 Å². The highest BCUT2D eigenvalue weighted by Crippen LogP contribution is 2.23. The lowest BCUT2D eigenvalue weighted by Gasteiger charge is -2.13. The highest BCUT2D eigenvalue weighted by Gasteiger charge is 2.11. The van der Waals surface area contributed by atoms with E-state index in [0.29, 0.717) is 0 Å². The van der Waals surface area contributed by atoms with Crippen molar-refractivity contribution in [2.75, 3.05) is 0 Å². The van der Waals surface area contributed by atoms with Gasteiger partial charge in [0.05, 0.1) is 0 Å². The van der Waals surface area contributed by atoms with Crippen molar-refractivity contribution in [1.82, 2.24) is 4.98 Å². The molecular formula is C13H13NO. The number of nitrogens with zero attached hydrogens (tertiary/aromatic N) is 1. The number of aliphatic hydroxyl groups is 1. The molecule has 0 radical (unpaired) electrons. The maximum Gasteiger partial charge on any atom is 0.104 e. The third-order valence-corrected chi connectivity index (χ3v) is 2.47. The minimum Gasteiger partial charge on any atom is -0.384 e. The van der Waals surface area contributed by atoms with E-state index in [1.807, 2.05) is 43.3 Å². The van der Waals surface area contributed by atoms with Gasteiger partial charge < -0.3 is 5.11 Å². The minimum absolute atomic E-state index is 0.561. The fourth-order valence-electron chi connectivity index (χ4n) is 1.61. The third-order valence-electron chi connectivity index (χ3n) is 2.47. The summed E-state index contributed by atoms with van der Waals surface area (Å²) in [5, 5.41) is 10.1. The average Bonchev–Trinajstić information content (AvgIpc) is 2.30. The molecule has 0 saturated carbocycles. The molecule has 0 amide bonds. The number of hydrogen-bond donors (Lipinski definition) is 1. The SMILES string of the molecule is Cc1cnccc1C(O)c1ccccc1. The lowest BCUT2D eigenvalue weighted by molar-refractivity contribution is 0.219. The maximum absolute atomic E-state index is 10.1. The molecule has 0 saturated heterocycles. The molecule has 1 unspecified atom stereocenters. The predicted molar refractivity (Wildman–Crippen MR) is 59.5 cm³/mol. The van der Waals surface area contributed by atoms with Gasteiger partial charge in [-0.3, -0.25) is 4.98 Å². The van der Waals surface area contributed by atoms with E-state index in [-0.39, 0.29) is 0 Å². The Morgan fingerprint density at radius 1 is 1.13 bits per heavy atom. The van der Waals surface area contributed by atoms with Crippen LogP contribution in [0.5, 0.6) is 0 Å². The summed E-state index contributed by atoms with van der Waals surface area (Å²) < 4.78 is 0. The number of rotatable bonds is 2. The highest BCUT2D eigenvalue weighted by atomic mass is 16.3. The van der Waals surface area contributed by atoms with Gasteiger partial charge in [0.2, 0.25) is 0 Å². The Morgan fingerprint density at radius 2 is 1.87 bits per heavy atom. The molecule has 0 aliphatic carbocycles. The van der Waals surface area contributed by atoms with Crippen molar-refractivity contribution >= 4 is 0 Å². The summed E-state index contributed by atoms with van der Waals surface area (Å²) >= 11 is 0. The molecule has 2 nitrogen and oxygen atoms in total. The first-order valence-corrected chi connectivity index (χ1v) is 4.92. The zero-order valence-electron chi connectivity index (χ0n) is 8.59. The summed E-state index contributed by atoms with van der Waals surface area (Å²) in [7, 11) is 0. The van der Waals surface area contributed by atoms with E-state index < -0.39 is 6.10 Å². The average molecular weight is 199 g/mol. The summed E-state index contributed by atoms with van der Waals surface area (Å²) in [6.45, 7) is 1.95. The Balaban J connectivity index is 2.37. The van der Waals surface area contributed by atoms with Gasteiger partial charge in [-0.25, -0.2) is 0 Å². The van der Waals surface area contributed by atoms with Crippen molar-refractivity contribution in [2.24, 2.45) is 0 Å². The molecular weight excluding hydrogens is 186 g/mol. The second-order valence-corrected chi connectivity index (χ2v) is 3.55. The smallest absolute Gasteiger partial charge is 0.104 e. The molecule has 2 rings (SSSR count). The first-order valence-electron chi connectivity index (χ1n) is 4.92. The van der Waals surface area contributed by atoms with Crippen molar-refractivity contribution in [3.8, 4) is 0 Å². The largest absolute Gasteiger partial charge is 0.384 e. The number of hydrogen-bond acceptors (Lipinski definition) is 2. The lowest BCUT2D eigenvalue weighted by atomic mass is 9.99. The van der Waals surface area contributed by atoms with Crippen LogP contribution in [-0.2, 0) is 0 Å². The number of benzene rings is 1. The lowest BCUT2D eigenvalue weighted by Crippen LogP contribution is -2.01. The van der Waals surface area contributed by atoms with E-state index in [1.54, 1.807) is 12.4 Å². The van der Waals surface area contributed by atoms with Crippen LogP contribution in [0.3, 0.4) is 0 Å². The van der Waals surface area contributed by atoms with Crippen LogP contribution in [-0.4, -0.2) is 10.1 Å². The monoisotopic (exact) mass is 199 g/mol. The minimum atomic E-state index is -0.561. The number of pyridine rings is 1. The maximum atomic E-state index is 10.1. The van der Waals surface area contributed by atoms with Gasteiger partial charge in [0.1, 0.15) is 6.10 Å². The van der Waals surface area contributed by atoms with E-state index in [9.17, 15) is 5.11 Å². The van der Waals surface area contributed by atoms with Crippen LogP contribution in [0.15, 0.2) is 48.8 Å². The first-order chi connectivity index (χ1) is 7.29. The number of aliphatic hydroxyl groups excluding tert-OH is 1. The fraction of sp³-hybridized carbons (Fsp3) is 0.154. The third kappa shape index (κ3) is 2.05. The summed E-state index contributed by atoms with van der Waals surface area (Å²) in [5.74, 6) is 0. The van der Waals surface area contributed by atoms with Crippen LogP contribution < -0.4 is 0 Å². The van der Waals surface area contributed by atoms with Crippen molar-refractivity contribution in [2.45, 2.75) is 13.0 Å². The van der Waals surface area contributed by atoms with Crippen LogP contribution in [0.1, 0.15) is 22.8 Å². The van der Waals surface area contributed by atoms with Gasteiger partial charge in [0.25, 0.3) is 0 Å². The van der Waals surface area contributed by atoms with Gasteiger partial charge >= 0.3 is 0 Å². The standard InChI is InChI=1S/C13H13NO/c1-10-9-14-8-7-12(10)13(15)11-5-3-2-4-6-11/h2-9,13,15H,1H3. The van der Waals surface area contributed by atoms with E-state index >= 15 is 0 Å². The van der Waals surface area contributed by atoms with E-state index in [1.165, 1.54) is 0 Å². The molecule has 0 aliphatic rings. The van der Waals surface area contributed by atoms with Gasteiger partial charge in [-0.2, -0.15) is 0 Å². The molecule has 1 heterocycles. The molecule has 1 atom stereocenters. The zero-order valence-corrected chi connectivity index (χ0v) is 8.59. The van der Waals surface area contributed by atoms with E-state index in [2.05, 4.69) is 4.98 Å². The Labute approximate surface area is 89.2 Å². The van der Waals surface area contributed by atoms with Gasteiger partial charge in [-0.1, -0.05) is 30.3 Å². The van der Waals surface area contributed by atoms with Gasteiger partial charge in [0.15, 0.2) is 0 Å². The van der Waals surface area contributed by atoms with Crippen LogP contribution in [0.4, 0.5) is 0 Å². The number of aromatic nitrogens is 1. The summed E-state index contributed by atoms with van der Waals surface area (Å²) in [6, 6.07) is 11.5. The second-order valence-electron chi connectivity index (χ2n) is 3.55. The van der Waals surface area contributed by atoms with Crippen molar-refractivity contribution in [1.29, 1.82) is 0 Å². The molecule has 0 bridgehead atoms. The zero-order chi connectivity index (χ0) is 10.7. The van der Waals surface area contributed by atoms with Crippen LogP contribution >= 0.6 is 0 Å². The number of aryl methyl sites for hydroxylation is 1. The molecule has 0 fully saturated rings. The van der Waals surface area contributed by atoms with Crippen molar-refractivity contribution < 1.29 is 5.11 Å². The normalized spacial score (nSPS) is 12.4. The van der Waals surface area contributed by atoms with E-state index in [0.717, 1.165) is 16.7 Å². The fourth-order valence-corrected chi connectivity index (χ4v) is 1.61. The molecule has 2 heteroatoms. The Bertz CT molecular complexity index is 439. The van der Waals surface area contributed by atoms with Crippen molar-refractivity contribution in [3.05, 3.63) is 65.5 Å². The summed E-state index contributed by atoms with van der Waals surface area (Å²) in [6.07, 6.45) is 2.91. The summed E-state index contributed by atoms with van der Waals surface area (Å²) in [5.41, 5.74) is 2.83. The van der Waals surface area contributed by atoms with Gasteiger partial charge in [0, 0.05) is 12.4 Å². The molecule has 1 N–H and O–H groups in total. The van der Waals surface area contributed by atoms with Crippen molar-refractivity contribution in [3.63, 3.8) is 0 Å².